The number of amides is 1. The van der Waals surface area contributed by atoms with Crippen molar-refractivity contribution in [3.63, 3.8) is 0 Å². The summed E-state index contributed by atoms with van der Waals surface area (Å²) < 4.78 is 5.47. The van der Waals surface area contributed by atoms with Gasteiger partial charge < -0.3 is 15.0 Å². The summed E-state index contributed by atoms with van der Waals surface area (Å²) in [5.74, 6) is 1.56. The second-order valence-electron chi connectivity index (χ2n) is 7.30. The minimum absolute atomic E-state index is 0.112. The molecule has 1 aliphatic rings. The summed E-state index contributed by atoms with van der Waals surface area (Å²) in [5.41, 5.74) is 1.32. The van der Waals surface area contributed by atoms with E-state index in [1.165, 1.54) is 11.9 Å². The van der Waals surface area contributed by atoms with Crippen LogP contribution in [-0.4, -0.2) is 53.6 Å². The van der Waals surface area contributed by atoms with Crippen LogP contribution < -0.4 is 15.0 Å². The highest BCUT2D eigenvalue weighted by atomic mass is 35.5. The highest BCUT2D eigenvalue weighted by molar-refractivity contribution is 6.30. The number of carbonyl (C=O) groups is 1. The average molecular weight is 438 g/mol. The topological polar surface area (TPSA) is 70.6 Å². The second kappa shape index (κ2) is 10.2. The van der Waals surface area contributed by atoms with Crippen LogP contribution in [0, 0.1) is 0 Å². The minimum Gasteiger partial charge on any atom is -0.484 e. The van der Waals surface area contributed by atoms with Crippen molar-refractivity contribution in [3.8, 4) is 5.75 Å². The van der Waals surface area contributed by atoms with Gasteiger partial charge in [0.15, 0.2) is 6.61 Å². The molecule has 3 aromatic rings. The Labute approximate surface area is 186 Å². The molecule has 1 N–H and O–H groups in total. The zero-order valence-electron chi connectivity index (χ0n) is 17.1. The van der Waals surface area contributed by atoms with Crippen LogP contribution in [0.25, 0.3) is 0 Å². The van der Waals surface area contributed by atoms with Crippen molar-refractivity contribution in [3.05, 3.63) is 77.6 Å². The molecule has 31 heavy (non-hydrogen) atoms. The van der Waals surface area contributed by atoms with Crippen molar-refractivity contribution < 1.29 is 9.53 Å². The van der Waals surface area contributed by atoms with Crippen LogP contribution in [0.5, 0.6) is 5.75 Å². The Balaban J connectivity index is 1.27. The van der Waals surface area contributed by atoms with Crippen LogP contribution >= 0.6 is 11.6 Å². The SMILES string of the molecule is O=C(COc1ccc(Cl)cc1)Nc1cc(N2CCN(Cc3ccccc3)CC2)ncn1. The molecule has 0 radical (unpaired) electrons. The number of rotatable bonds is 7. The quantitative estimate of drug-likeness (QED) is 0.610. The Morgan fingerprint density at radius 1 is 1.00 bits per heavy atom. The van der Waals surface area contributed by atoms with Gasteiger partial charge in [0.05, 0.1) is 0 Å². The summed E-state index contributed by atoms with van der Waals surface area (Å²) in [7, 11) is 0. The molecule has 1 aromatic heterocycles. The van der Waals surface area contributed by atoms with Crippen molar-refractivity contribution in [1.29, 1.82) is 0 Å². The number of ether oxygens (including phenoxy) is 1. The van der Waals surface area contributed by atoms with E-state index in [0.717, 1.165) is 38.5 Å². The van der Waals surface area contributed by atoms with E-state index in [9.17, 15) is 4.79 Å². The van der Waals surface area contributed by atoms with Gasteiger partial charge in [-0.2, -0.15) is 0 Å². The molecule has 4 rings (SSSR count). The number of hydrogen-bond donors (Lipinski definition) is 1. The number of nitrogens with zero attached hydrogens (tertiary/aromatic N) is 4. The first kappa shape index (κ1) is 21.1. The van der Waals surface area contributed by atoms with Crippen LogP contribution in [0.3, 0.4) is 0 Å². The average Bonchev–Trinajstić information content (AvgIpc) is 2.80. The second-order valence-corrected chi connectivity index (χ2v) is 7.74. The maximum absolute atomic E-state index is 12.2. The van der Waals surface area contributed by atoms with Gasteiger partial charge in [-0.25, -0.2) is 9.97 Å². The predicted molar refractivity (Wildman–Crippen MR) is 122 cm³/mol. The molecular formula is C23H24ClN5O2. The summed E-state index contributed by atoms with van der Waals surface area (Å²) in [6, 6.07) is 19.2. The molecule has 2 aromatic carbocycles. The number of piperazine rings is 1. The highest BCUT2D eigenvalue weighted by Crippen LogP contribution is 2.18. The number of hydrogen-bond acceptors (Lipinski definition) is 6. The third-order valence-corrected chi connectivity index (χ3v) is 5.30. The number of aromatic nitrogens is 2. The van der Waals surface area contributed by atoms with Crippen LogP contribution in [0.1, 0.15) is 5.56 Å². The summed E-state index contributed by atoms with van der Waals surface area (Å²) in [6.07, 6.45) is 1.47. The van der Waals surface area contributed by atoms with Crippen molar-refractivity contribution in [2.45, 2.75) is 6.54 Å². The fourth-order valence-electron chi connectivity index (χ4n) is 3.42. The van der Waals surface area contributed by atoms with Crippen molar-refractivity contribution in [2.24, 2.45) is 0 Å². The first-order valence-corrected chi connectivity index (χ1v) is 10.5. The third-order valence-electron chi connectivity index (χ3n) is 5.05. The number of carbonyl (C=O) groups excluding carboxylic acids is 1. The zero-order valence-corrected chi connectivity index (χ0v) is 17.8. The first-order chi connectivity index (χ1) is 15.2. The number of halogens is 1. The zero-order chi connectivity index (χ0) is 21.5. The van der Waals surface area contributed by atoms with E-state index in [1.807, 2.05) is 6.07 Å². The number of anilines is 2. The van der Waals surface area contributed by atoms with Crippen LogP contribution in [-0.2, 0) is 11.3 Å². The standard InChI is InChI=1S/C23H24ClN5O2/c24-19-6-8-20(9-7-19)31-16-23(30)27-21-14-22(26-17-25-21)29-12-10-28(11-13-29)15-18-4-2-1-3-5-18/h1-9,14,17H,10-13,15-16H2,(H,25,26,27,30). The van der Waals surface area contributed by atoms with E-state index in [2.05, 4.69) is 49.4 Å². The molecule has 0 saturated carbocycles. The molecule has 0 spiro atoms. The maximum atomic E-state index is 12.2. The lowest BCUT2D eigenvalue weighted by Gasteiger charge is -2.35. The Bertz CT molecular complexity index is 992. The smallest absolute Gasteiger partial charge is 0.263 e. The van der Waals surface area contributed by atoms with Crippen molar-refractivity contribution in [1.82, 2.24) is 14.9 Å². The lowest BCUT2D eigenvalue weighted by Crippen LogP contribution is -2.46. The molecule has 0 atom stereocenters. The molecule has 1 saturated heterocycles. The van der Waals surface area contributed by atoms with E-state index in [4.69, 9.17) is 16.3 Å². The number of benzene rings is 2. The van der Waals surface area contributed by atoms with Gasteiger partial charge in [0.25, 0.3) is 5.91 Å². The van der Waals surface area contributed by atoms with Crippen LogP contribution in [0.2, 0.25) is 5.02 Å². The lowest BCUT2D eigenvalue weighted by atomic mass is 10.2. The van der Waals surface area contributed by atoms with E-state index in [-0.39, 0.29) is 12.5 Å². The monoisotopic (exact) mass is 437 g/mol. The summed E-state index contributed by atoms with van der Waals surface area (Å²) in [4.78, 5) is 25.4. The van der Waals surface area contributed by atoms with Gasteiger partial charge in [0.1, 0.15) is 23.7 Å². The van der Waals surface area contributed by atoms with E-state index in [1.54, 1.807) is 30.3 Å². The number of nitrogens with one attached hydrogen (secondary N) is 1. The third kappa shape index (κ3) is 6.16. The molecule has 7 nitrogen and oxygen atoms in total. The Morgan fingerprint density at radius 3 is 2.48 bits per heavy atom. The minimum atomic E-state index is -0.285. The molecular weight excluding hydrogens is 414 g/mol. The molecule has 0 bridgehead atoms. The Kier molecular flexibility index (Phi) is 6.96. The lowest BCUT2D eigenvalue weighted by molar-refractivity contribution is -0.118. The molecule has 0 unspecified atom stereocenters. The normalized spacial score (nSPS) is 14.3. The van der Waals surface area contributed by atoms with Gasteiger partial charge in [0, 0.05) is 43.8 Å². The fourth-order valence-corrected chi connectivity index (χ4v) is 3.55. The first-order valence-electron chi connectivity index (χ1n) is 10.2. The molecule has 160 valence electrons. The molecule has 1 fully saturated rings. The van der Waals surface area contributed by atoms with Gasteiger partial charge in [-0.15, -0.1) is 0 Å². The van der Waals surface area contributed by atoms with E-state index >= 15 is 0 Å². The Morgan fingerprint density at radius 2 is 1.74 bits per heavy atom. The largest absolute Gasteiger partial charge is 0.484 e. The summed E-state index contributed by atoms with van der Waals surface area (Å²) in [6.45, 7) is 4.49. The molecule has 8 heteroatoms. The van der Waals surface area contributed by atoms with Gasteiger partial charge in [0.2, 0.25) is 0 Å². The van der Waals surface area contributed by atoms with Crippen LogP contribution in [0.4, 0.5) is 11.6 Å². The molecule has 1 aliphatic heterocycles. The summed E-state index contributed by atoms with van der Waals surface area (Å²) in [5, 5.41) is 3.38. The van der Waals surface area contributed by atoms with Crippen LogP contribution in [0.15, 0.2) is 67.0 Å². The molecule has 2 heterocycles. The molecule has 0 aliphatic carbocycles. The van der Waals surface area contributed by atoms with Crippen molar-refractivity contribution >= 4 is 29.1 Å². The predicted octanol–water partition coefficient (Wildman–Crippen LogP) is 3.47. The van der Waals surface area contributed by atoms with Gasteiger partial charge in [-0.05, 0) is 29.8 Å². The summed E-state index contributed by atoms with van der Waals surface area (Å²) >= 11 is 5.85. The van der Waals surface area contributed by atoms with E-state index < -0.39 is 0 Å². The fraction of sp³-hybridized carbons (Fsp3) is 0.261. The molecule has 1 amide bonds. The van der Waals surface area contributed by atoms with Gasteiger partial charge in [-0.1, -0.05) is 41.9 Å². The highest BCUT2D eigenvalue weighted by Gasteiger charge is 2.19. The maximum Gasteiger partial charge on any atom is 0.263 e. The van der Waals surface area contributed by atoms with Gasteiger partial charge in [-0.3, -0.25) is 9.69 Å². The van der Waals surface area contributed by atoms with E-state index in [0.29, 0.717) is 16.6 Å². The van der Waals surface area contributed by atoms with Gasteiger partial charge >= 0.3 is 0 Å². The van der Waals surface area contributed by atoms with Crippen molar-refractivity contribution in [2.75, 3.05) is 43.0 Å². The Hall–Kier alpha value is -3.16.